The highest BCUT2D eigenvalue weighted by molar-refractivity contribution is 7.10. The summed E-state index contributed by atoms with van der Waals surface area (Å²) >= 11 is 1.63. The van der Waals surface area contributed by atoms with Crippen LogP contribution in [0.25, 0.3) is 0 Å². The summed E-state index contributed by atoms with van der Waals surface area (Å²) in [6.07, 6.45) is 0. The molecule has 1 unspecified atom stereocenters. The summed E-state index contributed by atoms with van der Waals surface area (Å²) in [4.78, 5) is 1.14. The summed E-state index contributed by atoms with van der Waals surface area (Å²) in [5, 5.41) is 1.98. The Bertz CT molecular complexity index is 464. The number of aryl methyl sites for hydroxylation is 1. The molecular formula is C12H12FNS. The second-order valence-corrected chi connectivity index (χ2v) is 4.55. The lowest BCUT2D eigenvalue weighted by Crippen LogP contribution is -2.13. The second-order valence-electron chi connectivity index (χ2n) is 3.43. The fourth-order valence-corrected chi connectivity index (χ4v) is 2.36. The van der Waals surface area contributed by atoms with Crippen molar-refractivity contribution in [2.24, 2.45) is 5.73 Å². The van der Waals surface area contributed by atoms with E-state index in [0.717, 1.165) is 10.4 Å². The number of hydrogen-bond acceptors (Lipinski definition) is 2. The fourth-order valence-electron chi connectivity index (χ4n) is 1.61. The maximum Gasteiger partial charge on any atom is 0.128 e. The lowest BCUT2D eigenvalue weighted by atomic mass is 10.0. The van der Waals surface area contributed by atoms with E-state index >= 15 is 0 Å². The van der Waals surface area contributed by atoms with E-state index in [2.05, 4.69) is 0 Å². The average Bonchev–Trinajstić information content (AvgIpc) is 2.64. The minimum atomic E-state index is -0.363. The molecule has 78 valence electrons. The van der Waals surface area contributed by atoms with Gasteiger partial charge in [0.2, 0.25) is 0 Å². The highest BCUT2D eigenvalue weighted by atomic mass is 32.1. The van der Waals surface area contributed by atoms with Gasteiger partial charge in [-0.1, -0.05) is 18.2 Å². The minimum absolute atomic E-state index is 0.240. The first-order valence-corrected chi connectivity index (χ1v) is 5.62. The molecular weight excluding hydrogens is 209 g/mol. The normalized spacial score (nSPS) is 12.7. The highest BCUT2D eigenvalue weighted by Crippen LogP contribution is 2.27. The highest BCUT2D eigenvalue weighted by Gasteiger charge is 2.15. The number of hydrogen-bond donors (Lipinski definition) is 1. The van der Waals surface area contributed by atoms with Gasteiger partial charge in [0, 0.05) is 10.4 Å². The maximum atomic E-state index is 13.5. The Balaban J connectivity index is 2.41. The van der Waals surface area contributed by atoms with E-state index in [0.29, 0.717) is 5.56 Å². The van der Waals surface area contributed by atoms with Gasteiger partial charge < -0.3 is 5.73 Å². The molecule has 1 aromatic carbocycles. The van der Waals surface area contributed by atoms with Crippen LogP contribution >= 0.6 is 11.3 Å². The zero-order chi connectivity index (χ0) is 10.8. The molecule has 2 rings (SSSR count). The SMILES string of the molecule is Cc1sccc1C(N)c1ccccc1F. The van der Waals surface area contributed by atoms with Crippen LogP contribution in [0.15, 0.2) is 35.7 Å². The number of thiophene rings is 1. The summed E-state index contributed by atoms with van der Waals surface area (Å²) in [6, 6.07) is 8.24. The van der Waals surface area contributed by atoms with Gasteiger partial charge in [0.1, 0.15) is 5.82 Å². The van der Waals surface area contributed by atoms with Gasteiger partial charge in [-0.3, -0.25) is 0 Å². The van der Waals surface area contributed by atoms with Crippen molar-refractivity contribution >= 4 is 11.3 Å². The zero-order valence-corrected chi connectivity index (χ0v) is 9.22. The Hall–Kier alpha value is -1.19. The van der Waals surface area contributed by atoms with Crippen molar-refractivity contribution in [1.29, 1.82) is 0 Å². The number of rotatable bonds is 2. The molecule has 15 heavy (non-hydrogen) atoms. The molecule has 0 bridgehead atoms. The van der Waals surface area contributed by atoms with Crippen LogP contribution in [0.4, 0.5) is 4.39 Å². The van der Waals surface area contributed by atoms with Crippen molar-refractivity contribution in [2.45, 2.75) is 13.0 Å². The van der Waals surface area contributed by atoms with Gasteiger partial charge in [0.05, 0.1) is 6.04 Å². The molecule has 0 amide bonds. The van der Waals surface area contributed by atoms with Crippen LogP contribution in [0.1, 0.15) is 22.0 Å². The Labute approximate surface area is 92.4 Å². The van der Waals surface area contributed by atoms with Gasteiger partial charge in [-0.25, -0.2) is 4.39 Å². The van der Waals surface area contributed by atoms with Crippen LogP contribution < -0.4 is 5.73 Å². The molecule has 1 heterocycles. The predicted octanol–water partition coefficient (Wildman–Crippen LogP) is 3.24. The van der Waals surface area contributed by atoms with E-state index in [1.54, 1.807) is 29.5 Å². The number of benzene rings is 1. The molecule has 1 aromatic heterocycles. The molecule has 0 radical (unpaired) electrons. The molecule has 0 aliphatic carbocycles. The average molecular weight is 221 g/mol. The van der Waals surface area contributed by atoms with Crippen LogP contribution in [0.5, 0.6) is 0 Å². The molecule has 1 atom stereocenters. The first kappa shape index (κ1) is 10.3. The van der Waals surface area contributed by atoms with Crippen molar-refractivity contribution in [3.8, 4) is 0 Å². The number of nitrogens with two attached hydrogens (primary N) is 1. The molecule has 3 heteroatoms. The summed E-state index contributed by atoms with van der Waals surface area (Å²) in [5.74, 6) is -0.240. The molecule has 2 aromatic rings. The van der Waals surface area contributed by atoms with Crippen LogP contribution in [0, 0.1) is 12.7 Å². The Kier molecular flexibility index (Phi) is 2.84. The largest absolute Gasteiger partial charge is 0.320 e. The van der Waals surface area contributed by atoms with E-state index in [9.17, 15) is 4.39 Å². The molecule has 0 saturated carbocycles. The summed E-state index contributed by atoms with van der Waals surface area (Å²) in [6.45, 7) is 2.00. The van der Waals surface area contributed by atoms with Crippen LogP contribution in [-0.2, 0) is 0 Å². The molecule has 1 nitrogen and oxygen atoms in total. The lowest BCUT2D eigenvalue weighted by Gasteiger charge is -2.12. The van der Waals surface area contributed by atoms with Crippen molar-refractivity contribution < 1.29 is 4.39 Å². The fraction of sp³-hybridized carbons (Fsp3) is 0.167. The third-order valence-corrected chi connectivity index (χ3v) is 3.34. The third kappa shape index (κ3) is 1.94. The lowest BCUT2D eigenvalue weighted by molar-refractivity contribution is 0.599. The Morgan fingerprint density at radius 3 is 2.53 bits per heavy atom. The van der Waals surface area contributed by atoms with Crippen molar-refractivity contribution in [3.05, 3.63) is 57.5 Å². The smallest absolute Gasteiger partial charge is 0.128 e. The van der Waals surface area contributed by atoms with Crippen molar-refractivity contribution in [1.82, 2.24) is 0 Å². The summed E-state index contributed by atoms with van der Waals surface area (Å²) in [5.41, 5.74) is 7.59. The maximum absolute atomic E-state index is 13.5. The second kappa shape index (κ2) is 4.13. The Morgan fingerprint density at radius 1 is 1.20 bits per heavy atom. The summed E-state index contributed by atoms with van der Waals surface area (Å²) < 4.78 is 13.5. The van der Waals surface area contributed by atoms with Crippen molar-refractivity contribution in [3.63, 3.8) is 0 Å². The van der Waals surface area contributed by atoms with Gasteiger partial charge >= 0.3 is 0 Å². The van der Waals surface area contributed by atoms with E-state index < -0.39 is 0 Å². The Morgan fingerprint density at radius 2 is 1.93 bits per heavy atom. The van der Waals surface area contributed by atoms with Crippen LogP contribution in [0.2, 0.25) is 0 Å². The van der Waals surface area contributed by atoms with Crippen LogP contribution in [-0.4, -0.2) is 0 Å². The van der Waals surface area contributed by atoms with E-state index in [1.165, 1.54) is 6.07 Å². The van der Waals surface area contributed by atoms with Gasteiger partial charge in [-0.15, -0.1) is 11.3 Å². The molecule has 0 spiro atoms. The van der Waals surface area contributed by atoms with E-state index in [4.69, 9.17) is 5.73 Å². The molecule has 0 fully saturated rings. The van der Waals surface area contributed by atoms with Crippen LogP contribution in [0.3, 0.4) is 0 Å². The topological polar surface area (TPSA) is 26.0 Å². The zero-order valence-electron chi connectivity index (χ0n) is 8.41. The quantitative estimate of drug-likeness (QED) is 0.827. The molecule has 2 N–H and O–H groups in total. The van der Waals surface area contributed by atoms with E-state index in [1.807, 2.05) is 18.4 Å². The summed E-state index contributed by atoms with van der Waals surface area (Å²) in [7, 11) is 0. The van der Waals surface area contributed by atoms with Crippen molar-refractivity contribution in [2.75, 3.05) is 0 Å². The third-order valence-electron chi connectivity index (χ3n) is 2.47. The first-order valence-electron chi connectivity index (χ1n) is 4.74. The van der Waals surface area contributed by atoms with Gasteiger partial charge in [-0.2, -0.15) is 0 Å². The van der Waals surface area contributed by atoms with Gasteiger partial charge in [-0.05, 0) is 30.0 Å². The molecule has 0 saturated heterocycles. The van der Waals surface area contributed by atoms with Gasteiger partial charge in [0.25, 0.3) is 0 Å². The standard InChI is InChI=1S/C12H12FNS/c1-8-9(6-7-15-8)12(14)10-4-2-3-5-11(10)13/h2-7,12H,14H2,1H3. The minimum Gasteiger partial charge on any atom is -0.320 e. The molecule has 0 aliphatic heterocycles. The van der Waals surface area contributed by atoms with Gasteiger partial charge in [0.15, 0.2) is 0 Å². The van der Waals surface area contributed by atoms with E-state index in [-0.39, 0.29) is 11.9 Å². The monoisotopic (exact) mass is 221 g/mol. The number of halogens is 1. The predicted molar refractivity (Wildman–Crippen MR) is 61.5 cm³/mol. The first-order chi connectivity index (χ1) is 7.20. The molecule has 0 aliphatic rings.